The lowest BCUT2D eigenvalue weighted by atomic mass is 10.0. The van der Waals surface area contributed by atoms with Gasteiger partial charge in [-0.3, -0.25) is 5.10 Å². The van der Waals surface area contributed by atoms with Gasteiger partial charge < -0.3 is 15.3 Å². The normalized spacial score (nSPS) is 13.1. The minimum absolute atomic E-state index is 0.0251. The van der Waals surface area contributed by atoms with Gasteiger partial charge in [-0.05, 0) is 51.0 Å². The van der Waals surface area contributed by atoms with E-state index in [-0.39, 0.29) is 5.69 Å². The zero-order chi connectivity index (χ0) is 24.8. The van der Waals surface area contributed by atoms with Gasteiger partial charge in [-0.25, -0.2) is 14.8 Å². The number of aryl methyl sites for hydroxylation is 1. The Kier molecular flexibility index (Phi) is 5.33. The van der Waals surface area contributed by atoms with Crippen LogP contribution in [0, 0.1) is 13.8 Å². The van der Waals surface area contributed by atoms with Crippen molar-refractivity contribution in [1.82, 2.24) is 30.4 Å². The number of carboxylic acids is 1. The molecule has 3 N–H and O–H groups in total. The summed E-state index contributed by atoms with van der Waals surface area (Å²) in [5.41, 5.74) is 4.99. The van der Waals surface area contributed by atoms with Gasteiger partial charge in [0.05, 0.1) is 16.4 Å². The van der Waals surface area contributed by atoms with Gasteiger partial charge in [0.15, 0.2) is 22.5 Å². The fourth-order valence-corrected chi connectivity index (χ4v) is 5.41. The number of aromatic nitrogens is 6. The molecule has 0 bridgehead atoms. The highest BCUT2D eigenvalue weighted by Crippen LogP contribution is 2.37. The second kappa shape index (κ2) is 8.68. The molecule has 0 unspecified atom stereocenters. The van der Waals surface area contributed by atoms with Crippen LogP contribution in [-0.4, -0.2) is 48.0 Å². The predicted molar refractivity (Wildman–Crippen MR) is 139 cm³/mol. The summed E-state index contributed by atoms with van der Waals surface area (Å²) in [6, 6.07) is 11.6. The van der Waals surface area contributed by atoms with Crippen molar-refractivity contribution < 1.29 is 9.90 Å². The van der Waals surface area contributed by atoms with Crippen molar-refractivity contribution >= 4 is 50.1 Å². The minimum Gasteiger partial charge on any atom is -0.476 e. The molecule has 0 saturated heterocycles. The standard InChI is InChI=1S/C25H22N8O2S/c1-13-15-6-5-11-33(20-10-9-16(21(28-20)24(34)35)17-12-26-30-14(17)2)23(15)32-31-22(13)29-25-27-18-7-3-4-8-19(18)36-25/h3-4,7-10,12H,5-6,11H2,1-2H3,(H,26,30)(H,34,35)(H,27,29,31). The number of aromatic carboxylic acids is 1. The Bertz CT molecular complexity index is 1590. The Labute approximate surface area is 210 Å². The van der Waals surface area contributed by atoms with Crippen LogP contribution in [0.3, 0.4) is 0 Å². The number of carboxylic acid groups (broad SMARTS) is 1. The van der Waals surface area contributed by atoms with Crippen LogP contribution >= 0.6 is 11.3 Å². The average Bonchev–Trinajstić information content (AvgIpc) is 3.50. The maximum absolute atomic E-state index is 12.1. The van der Waals surface area contributed by atoms with Crippen LogP contribution in [0.5, 0.6) is 0 Å². The number of thiazole rings is 1. The Morgan fingerprint density at radius 2 is 1.97 bits per heavy atom. The smallest absolute Gasteiger partial charge is 0.355 e. The molecule has 1 aliphatic rings. The highest BCUT2D eigenvalue weighted by molar-refractivity contribution is 7.22. The molecule has 1 aromatic carbocycles. The van der Waals surface area contributed by atoms with Gasteiger partial charge >= 0.3 is 5.97 Å². The quantitative estimate of drug-likeness (QED) is 0.306. The Hall–Kier alpha value is -4.38. The molecule has 5 heterocycles. The number of para-hydroxylation sites is 1. The molecule has 0 amide bonds. The van der Waals surface area contributed by atoms with Crippen molar-refractivity contribution in [3.05, 3.63) is 65.1 Å². The van der Waals surface area contributed by atoms with Gasteiger partial charge in [0.2, 0.25) is 0 Å². The van der Waals surface area contributed by atoms with Gasteiger partial charge in [-0.15, -0.1) is 10.2 Å². The topological polar surface area (TPSA) is 133 Å². The molecule has 36 heavy (non-hydrogen) atoms. The van der Waals surface area contributed by atoms with Gasteiger partial charge in [0, 0.05) is 34.5 Å². The van der Waals surface area contributed by atoms with Crippen molar-refractivity contribution in [3.63, 3.8) is 0 Å². The summed E-state index contributed by atoms with van der Waals surface area (Å²) in [5, 5.41) is 29.9. The van der Waals surface area contributed by atoms with Gasteiger partial charge in [-0.1, -0.05) is 23.5 Å². The van der Waals surface area contributed by atoms with E-state index in [0.717, 1.165) is 45.0 Å². The zero-order valence-electron chi connectivity index (χ0n) is 19.6. The van der Waals surface area contributed by atoms with E-state index in [0.29, 0.717) is 35.1 Å². The maximum atomic E-state index is 12.1. The van der Waals surface area contributed by atoms with Crippen molar-refractivity contribution in [2.24, 2.45) is 0 Å². The molecule has 0 radical (unpaired) electrons. The van der Waals surface area contributed by atoms with E-state index < -0.39 is 5.97 Å². The third-order valence-corrected chi connectivity index (χ3v) is 7.34. The van der Waals surface area contributed by atoms with Crippen LogP contribution < -0.4 is 10.2 Å². The van der Waals surface area contributed by atoms with E-state index >= 15 is 0 Å². The molecule has 0 saturated carbocycles. The third kappa shape index (κ3) is 3.73. The molecular formula is C25H22N8O2S. The van der Waals surface area contributed by atoms with Crippen molar-refractivity contribution in [2.45, 2.75) is 26.7 Å². The van der Waals surface area contributed by atoms with Crippen molar-refractivity contribution in [1.29, 1.82) is 0 Å². The number of H-pyrrole nitrogens is 1. The molecule has 1 aliphatic heterocycles. The Morgan fingerprint density at radius 3 is 2.75 bits per heavy atom. The molecule has 180 valence electrons. The van der Waals surface area contributed by atoms with Crippen molar-refractivity contribution in [3.8, 4) is 11.1 Å². The maximum Gasteiger partial charge on any atom is 0.355 e. The summed E-state index contributed by atoms with van der Waals surface area (Å²) in [7, 11) is 0. The fourth-order valence-electron chi connectivity index (χ4n) is 4.55. The number of carbonyl (C=O) groups is 1. The first-order valence-corrected chi connectivity index (χ1v) is 12.3. The third-order valence-electron chi connectivity index (χ3n) is 6.39. The van der Waals surface area contributed by atoms with Gasteiger partial charge in [-0.2, -0.15) is 5.10 Å². The molecule has 0 spiro atoms. The summed E-state index contributed by atoms with van der Waals surface area (Å²) >= 11 is 1.57. The SMILES string of the molecule is Cc1[nH]ncc1-c1ccc(N2CCCc3c2nnc(Nc2nc4ccccc4s2)c3C)nc1C(=O)O. The lowest BCUT2D eigenvalue weighted by molar-refractivity contribution is 0.0691. The van der Waals surface area contributed by atoms with Crippen LogP contribution in [-0.2, 0) is 6.42 Å². The lowest BCUT2D eigenvalue weighted by Gasteiger charge is -2.30. The van der Waals surface area contributed by atoms with E-state index in [1.807, 2.05) is 49.1 Å². The highest BCUT2D eigenvalue weighted by atomic mass is 32.1. The molecule has 0 fully saturated rings. The van der Waals surface area contributed by atoms with E-state index in [1.165, 1.54) is 0 Å². The molecule has 0 atom stereocenters. The first kappa shape index (κ1) is 22.1. The number of pyridine rings is 1. The summed E-state index contributed by atoms with van der Waals surface area (Å²) < 4.78 is 1.10. The summed E-state index contributed by atoms with van der Waals surface area (Å²) in [6.07, 6.45) is 3.34. The minimum atomic E-state index is -1.10. The predicted octanol–water partition coefficient (Wildman–Crippen LogP) is 5.01. The van der Waals surface area contributed by atoms with Crippen LogP contribution in [0.2, 0.25) is 0 Å². The van der Waals surface area contributed by atoms with Crippen LogP contribution in [0.15, 0.2) is 42.6 Å². The largest absolute Gasteiger partial charge is 0.476 e. The number of hydrogen-bond donors (Lipinski definition) is 3. The molecule has 10 nitrogen and oxygen atoms in total. The number of nitrogens with one attached hydrogen (secondary N) is 2. The number of anilines is 4. The Balaban J connectivity index is 1.36. The lowest BCUT2D eigenvalue weighted by Crippen LogP contribution is -2.28. The monoisotopic (exact) mass is 498 g/mol. The van der Waals surface area contributed by atoms with Crippen LogP contribution in [0.25, 0.3) is 21.3 Å². The second-order valence-electron chi connectivity index (χ2n) is 8.62. The summed E-state index contributed by atoms with van der Waals surface area (Å²) in [5.74, 6) is 0.797. The Morgan fingerprint density at radius 1 is 1.11 bits per heavy atom. The van der Waals surface area contributed by atoms with E-state index in [9.17, 15) is 9.90 Å². The summed E-state index contributed by atoms with van der Waals surface area (Å²) in [6.45, 7) is 4.54. The van der Waals surface area contributed by atoms with E-state index in [4.69, 9.17) is 0 Å². The van der Waals surface area contributed by atoms with Gasteiger partial charge in [0.25, 0.3) is 0 Å². The first-order valence-electron chi connectivity index (χ1n) is 11.5. The zero-order valence-corrected chi connectivity index (χ0v) is 20.4. The highest BCUT2D eigenvalue weighted by Gasteiger charge is 2.27. The number of benzene rings is 1. The number of nitrogens with zero attached hydrogens (tertiary/aromatic N) is 6. The van der Waals surface area contributed by atoms with E-state index in [2.05, 4.69) is 35.7 Å². The fraction of sp³-hybridized carbons (Fsp3) is 0.200. The molecular weight excluding hydrogens is 476 g/mol. The molecule has 11 heteroatoms. The number of hydrogen-bond acceptors (Lipinski definition) is 9. The number of aromatic amines is 1. The van der Waals surface area contributed by atoms with Crippen LogP contribution in [0.1, 0.15) is 33.7 Å². The van der Waals surface area contributed by atoms with Crippen molar-refractivity contribution in [2.75, 3.05) is 16.8 Å². The molecule has 4 aromatic heterocycles. The summed E-state index contributed by atoms with van der Waals surface area (Å²) in [4.78, 5) is 23.2. The molecule has 6 rings (SSSR count). The average molecular weight is 499 g/mol. The number of fused-ring (bicyclic) bond motifs is 2. The first-order chi connectivity index (χ1) is 17.5. The van der Waals surface area contributed by atoms with E-state index in [1.54, 1.807) is 23.6 Å². The van der Waals surface area contributed by atoms with Crippen LogP contribution in [0.4, 0.5) is 22.6 Å². The molecule has 0 aliphatic carbocycles. The molecule has 5 aromatic rings. The number of rotatable bonds is 5. The second-order valence-corrected chi connectivity index (χ2v) is 9.65. The van der Waals surface area contributed by atoms with Gasteiger partial charge in [0.1, 0.15) is 5.82 Å².